The molecule has 0 aliphatic carbocycles. The molecule has 3 heterocycles. The molecule has 0 bridgehead atoms. The van der Waals surface area contributed by atoms with E-state index in [1.54, 1.807) is 0 Å². The number of aromatic nitrogens is 1. The normalized spacial score (nSPS) is 12.5. The van der Waals surface area contributed by atoms with Gasteiger partial charge < -0.3 is 14.0 Å². The fourth-order valence-corrected chi connectivity index (χ4v) is 8.27. The molecule has 0 saturated heterocycles. The Morgan fingerprint density at radius 1 is 0.385 bits per heavy atom. The summed E-state index contributed by atoms with van der Waals surface area (Å²) in [4.78, 5) is 0. The molecule has 8 aromatic carbocycles. The van der Waals surface area contributed by atoms with Crippen LogP contribution in [0.1, 0.15) is 0 Å². The standard InChI is InChI=1S/C48H30BNO2/c1-2-12-31(13-3-1)32-22-24-33(25-23-32)35-28-40-39-17-7-11-21-45(39)52-49-41-27-26-34(29-46(41)51-47(30-35)48(40)49)36-14-4-8-18-42(36)50-43-19-9-5-15-37(43)38-16-6-10-20-44(38)50/h1-30H. The first-order valence-electron chi connectivity index (χ1n) is 17.8. The molecule has 2 aliphatic rings. The Morgan fingerprint density at radius 2 is 0.962 bits per heavy atom. The van der Waals surface area contributed by atoms with Gasteiger partial charge >= 0.3 is 6.92 Å². The van der Waals surface area contributed by atoms with Crippen molar-refractivity contribution in [2.24, 2.45) is 0 Å². The van der Waals surface area contributed by atoms with E-state index < -0.39 is 0 Å². The summed E-state index contributed by atoms with van der Waals surface area (Å²) in [5, 5.41) is 2.49. The average molecular weight is 664 g/mol. The van der Waals surface area contributed by atoms with Gasteiger partial charge in [-0.05, 0) is 75.8 Å². The Bertz CT molecular complexity index is 2800. The van der Waals surface area contributed by atoms with Gasteiger partial charge in [-0.1, -0.05) is 140 Å². The molecule has 0 spiro atoms. The third-order valence-electron chi connectivity index (χ3n) is 10.7. The molecule has 0 atom stereocenters. The molecule has 52 heavy (non-hydrogen) atoms. The first-order chi connectivity index (χ1) is 25.8. The molecular formula is C48H30BNO2. The summed E-state index contributed by atoms with van der Waals surface area (Å²) in [6.45, 7) is -0.278. The van der Waals surface area contributed by atoms with Gasteiger partial charge in [0, 0.05) is 32.8 Å². The van der Waals surface area contributed by atoms with Crippen molar-refractivity contribution in [3.05, 3.63) is 182 Å². The summed E-state index contributed by atoms with van der Waals surface area (Å²) in [5.74, 6) is 2.53. The van der Waals surface area contributed by atoms with Crippen LogP contribution in [0.5, 0.6) is 17.2 Å². The summed E-state index contributed by atoms with van der Waals surface area (Å²) in [6, 6.07) is 64.7. The fourth-order valence-electron chi connectivity index (χ4n) is 8.27. The molecule has 0 amide bonds. The minimum atomic E-state index is -0.278. The molecule has 4 heteroatoms. The Morgan fingerprint density at radius 3 is 1.73 bits per heavy atom. The van der Waals surface area contributed by atoms with Gasteiger partial charge in [0.15, 0.2) is 0 Å². The van der Waals surface area contributed by atoms with Gasteiger partial charge in [0.25, 0.3) is 0 Å². The SMILES string of the molecule is c1ccc(-c2ccc(-c3cc4c5c(c3)-c3ccccc3OB5c3ccc(-c5ccccc5-n5c6ccccc6c6ccccc65)cc3O4)cc2)cc1. The summed E-state index contributed by atoms with van der Waals surface area (Å²) >= 11 is 0. The average Bonchev–Trinajstić information content (AvgIpc) is 3.55. The van der Waals surface area contributed by atoms with Gasteiger partial charge in [-0.2, -0.15) is 0 Å². The first kappa shape index (κ1) is 29.0. The first-order valence-corrected chi connectivity index (χ1v) is 17.8. The lowest BCUT2D eigenvalue weighted by Gasteiger charge is -2.33. The van der Waals surface area contributed by atoms with E-state index in [4.69, 9.17) is 9.39 Å². The number of para-hydroxylation sites is 4. The second kappa shape index (κ2) is 11.4. The van der Waals surface area contributed by atoms with Gasteiger partial charge in [0.05, 0.1) is 16.7 Å². The molecule has 3 nitrogen and oxygen atoms in total. The highest BCUT2D eigenvalue weighted by Gasteiger charge is 2.41. The summed E-state index contributed by atoms with van der Waals surface area (Å²) < 4.78 is 16.1. The maximum absolute atomic E-state index is 6.94. The van der Waals surface area contributed by atoms with Crippen LogP contribution < -0.4 is 20.3 Å². The largest absolute Gasteiger partial charge is 0.551 e. The number of rotatable bonds is 4. The maximum atomic E-state index is 6.94. The lowest BCUT2D eigenvalue weighted by molar-refractivity contribution is 0.480. The highest BCUT2D eigenvalue weighted by atomic mass is 16.5. The number of benzene rings is 8. The van der Waals surface area contributed by atoms with Crippen LogP contribution in [-0.4, -0.2) is 11.5 Å². The van der Waals surface area contributed by atoms with Crippen LogP contribution in [0.15, 0.2) is 182 Å². The highest BCUT2D eigenvalue weighted by Crippen LogP contribution is 2.43. The molecule has 0 saturated carbocycles. The summed E-state index contributed by atoms with van der Waals surface area (Å²) in [6.07, 6.45) is 0. The predicted molar refractivity (Wildman–Crippen MR) is 215 cm³/mol. The quantitative estimate of drug-likeness (QED) is 0.175. The third-order valence-corrected chi connectivity index (χ3v) is 10.7. The monoisotopic (exact) mass is 663 g/mol. The van der Waals surface area contributed by atoms with Crippen molar-refractivity contribution in [3.8, 4) is 67.4 Å². The fraction of sp³-hybridized carbons (Fsp3) is 0. The summed E-state index contributed by atoms with van der Waals surface area (Å²) in [7, 11) is 0. The van der Waals surface area contributed by atoms with Crippen molar-refractivity contribution < 1.29 is 9.39 Å². The van der Waals surface area contributed by atoms with Crippen molar-refractivity contribution >= 4 is 39.6 Å². The van der Waals surface area contributed by atoms with Crippen molar-refractivity contribution in [1.82, 2.24) is 4.57 Å². The van der Waals surface area contributed by atoms with Gasteiger partial charge in [-0.3, -0.25) is 0 Å². The maximum Gasteiger partial charge on any atom is 0.434 e. The second-order valence-corrected chi connectivity index (χ2v) is 13.6. The second-order valence-electron chi connectivity index (χ2n) is 13.6. The number of hydrogen-bond acceptors (Lipinski definition) is 2. The molecule has 11 rings (SSSR count). The van der Waals surface area contributed by atoms with E-state index in [9.17, 15) is 0 Å². The van der Waals surface area contributed by atoms with Crippen LogP contribution in [0, 0.1) is 0 Å². The van der Waals surface area contributed by atoms with E-state index in [-0.39, 0.29) is 6.92 Å². The predicted octanol–water partition coefficient (Wildman–Crippen LogP) is 11.1. The van der Waals surface area contributed by atoms with E-state index in [0.717, 1.165) is 67.2 Å². The summed E-state index contributed by atoms with van der Waals surface area (Å²) in [5.41, 5.74) is 14.7. The van der Waals surface area contributed by atoms with E-state index in [1.165, 1.54) is 32.9 Å². The van der Waals surface area contributed by atoms with E-state index >= 15 is 0 Å². The van der Waals surface area contributed by atoms with Crippen molar-refractivity contribution in [3.63, 3.8) is 0 Å². The lowest BCUT2D eigenvalue weighted by Crippen LogP contribution is -2.53. The van der Waals surface area contributed by atoms with Gasteiger partial charge in [-0.25, -0.2) is 0 Å². The number of hydrogen-bond donors (Lipinski definition) is 0. The van der Waals surface area contributed by atoms with Crippen LogP contribution in [0.4, 0.5) is 0 Å². The lowest BCUT2D eigenvalue weighted by atomic mass is 9.50. The topological polar surface area (TPSA) is 23.4 Å². The molecule has 0 fully saturated rings. The van der Waals surface area contributed by atoms with Crippen LogP contribution in [0.2, 0.25) is 0 Å². The zero-order valence-electron chi connectivity index (χ0n) is 28.2. The molecule has 1 aromatic heterocycles. The van der Waals surface area contributed by atoms with E-state index in [2.05, 4.69) is 180 Å². The Kier molecular flexibility index (Phi) is 6.35. The zero-order chi connectivity index (χ0) is 34.2. The van der Waals surface area contributed by atoms with Gasteiger partial charge in [-0.15, -0.1) is 0 Å². The van der Waals surface area contributed by atoms with E-state index in [0.29, 0.717) is 0 Å². The molecule has 0 radical (unpaired) electrons. The Hall–Kier alpha value is -6.78. The van der Waals surface area contributed by atoms with Crippen LogP contribution in [-0.2, 0) is 0 Å². The molecule has 0 N–H and O–H groups in total. The number of fused-ring (bicyclic) bond motifs is 7. The minimum Gasteiger partial charge on any atom is -0.551 e. The van der Waals surface area contributed by atoms with Crippen molar-refractivity contribution in [1.29, 1.82) is 0 Å². The zero-order valence-corrected chi connectivity index (χ0v) is 28.2. The van der Waals surface area contributed by atoms with Crippen molar-refractivity contribution in [2.45, 2.75) is 0 Å². The van der Waals surface area contributed by atoms with Crippen LogP contribution in [0.3, 0.4) is 0 Å². The minimum absolute atomic E-state index is 0.278. The molecular weight excluding hydrogens is 633 g/mol. The van der Waals surface area contributed by atoms with Gasteiger partial charge in [0.1, 0.15) is 17.2 Å². The molecule has 0 unspecified atom stereocenters. The third kappa shape index (κ3) is 4.41. The number of ether oxygens (including phenoxy) is 1. The smallest absolute Gasteiger partial charge is 0.434 e. The van der Waals surface area contributed by atoms with Crippen LogP contribution >= 0.6 is 0 Å². The molecule has 2 aliphatic heterocycles. The Balaban J connectivity index is 1.05. The number of nitrogens with zero attached hydrogens (tertiary/aromatic N) is 1. The highest BCUT2D eigenvalue weighted by molar-refractivity contribution is 6.84. The molecule has 9 aromatic rings. The Labute approximate surface area is 302 Å². The van der Waals surface area contributed by atoms with Crippen molar-refractivity contribution in [2.75, 3.05) is 0 Å². The molecule has 242 valence electrons. The van der Waals surface area contributed by atoms with Gasteiger partial charge in [0.2, 0.25) is 0 Å². The van der Waals surface area contributed by atoms with E-state index in [1.807, 2.05) is 6.07 Å². The van der Waals surface area contributed by atoms with Crippen LogP contribution in [0.25, 0.3) is 72.0 Å².